The molecule has 0 aliphatic rings. The largest absolute Gasteiger partial charge is 0.356 e. The Labute approximate surface area is 173 Å². The highest BCUT2D eigenvalue weighted by Gasteiger charge is 2.14. The first kappa shape index (κ1) is 20.3. The highest BCUT2D eigenvalue weighted by Crippen LogP contribution is 2.20. The number of anilines is 1. The molecule has 2 N–H and O–H groups in total. The van der Waals surface area contributed by atoms with E-state index in [4.69, 9.17) is 23.8 Å². The van der Waals surface area contributed by atoms with Crippen LogP contribution in [0.1, 0.15) is 36.7 Å². The van der Waals surface area contributed by atoms with E-state index in [9.17, 15) is 4.39 Å². The van der Waals surface area contributed by atoms with Crippen LogP contribution in [0.2, 0.25) is 5.02 Å². The van der Waals surface area contributed by atoms with Crippen molar-refractivity contribution in [2.45, 2.75) is 39.9 Å². The third kappa shape index (κ3) is 4.51. The second kappa shape index (κ2) is 8.70. The predicted octanol–water partition coefficient (Wildman–Crippen LogP) is 4.30. The lowest BCUT2D eigenvalue weighted by atomic mass is 10.1. The number of hydrogen-bond donors (Lipinski definition) is 2. The Balaban J connectivity index is 1.61. The molecule has 0 fully saturated rings. The summed E-state index contributed by atoms with van der Waals surface area (Å²) < 4.78 is 17.5. The topological polar surface area (TPSA) is 59.7 Å². The van der Waals surface area contributed by atoms with E-state index in [1.54, 1.807) is 29.1 Å². The molecule has 148 valence electrons. The van der Waals surface area contributed by atoms with E-state index in [1.165, 1.54) is 6.07 Å². The van der Waals surface area contributed by atoms with E-state index in [0.717, 1.165) is 17.8 Å². The summed E-state index contributed by atoms with van der Waals surface area (Å²) in [6.07, 6.45) is 3.60. The van der Waals surface area contributed by atoms with Gasteiger partial charge in [0, 0.05) is 40.7 Å². The Hall–Kier alpha value is -2.45. The van der Waals surface area contributed by atoms with Gasteiger partial charge in [0.25, 0.3) is 0 Å². The van der Waals surface area contributed by atoms with Gasteiger partial charge in [0.1, 0.15) is 5.82 Å². The molecule has 2 aromatic heterocycles. The van der Waals surface area contributed by atoms with Crippen molar-refractivity contribution in [2.24, 2.45) is 0 Å². The van der Waals surface area contributed by atoms with Crippen molar-refractivity contribution < 1.29 is 4.39 Å². The Bertz CT molecular complexity index is 962. The lowest BCUT2D eigenvalue weighted by Crippen LogP contribution is -2.31. The van der Waals surface area contributed by atoms with Crippen LogP contribution in [-0.2, 0) is 13.1 Å². The van der Waals surface area contributed by atoms with Crippen molar-refractivity contribution in [3.05, 3.63) is 64.3 Å². The molecule has 1 atom stereocenters. The number of benzene rings is 1. The summed E-state index contributed by atoms with van der Waals surface area (Å²) in [7, 11) is 0. The Kier molecular flexibility index (Phi) is 6.31. The zero-order chi connectivity index (χ0) is 20.3. The van der Waals surface area contributed by atoms with E-state index >= 15 is 0 Å². The molecule has 3 aromatic rings. The minimum absolute atomic E-state index is 0.000364. The SMILES string of the molecule is CCn1ncc(C(C)NC(=S)Nc2ccn(Cc3c(F)cccc3Cl)n2)c1C. The van der Waals surface area contributed by atoms with Gasteiger partial charge in [-0.05, 0) is 45.1 Å². The first-order chi connectivity index (χ1) is 13.4. The van der Waals surface area contributed by atoms with E-state index in [-0.39, 0.29) is 18.4 Å². The van der Waals surface area contributed by atoms with Crippen molar-refractivity contribution in [3.8, 4) is 0 Å². The maximum absolute atomic E-state index is 13.9. The molecule has 0 aliphatic heterocycles. The van der Waals surface area contributed by atoms with Gasteiger partial charge < -0.3 is 10.6 Å². The van der Waals surface area contributed by atoms with Crippen LogP contribution in [0.25, 0.3) is 0 Å². The molecular weight excluding hydrogens is 399 g/mol. The average Bonchev–Trinajstić information content (AvgIpc) is 3.24. The standard InChI is InChI=1S/C19H22ClFN6S/c1-4-27-13(3)14(10-22-27)12(2)23-19(28)24-18-8-9-26(25-18)11-15-16(20)6-5-7-17(15)21/h5-10,12H,4,11H2,1-3H3,(H2,23,24,25,28). The van der Waals surface area contributed by atoms with Crippen molar-refractivity contribution in [1.29, 1.82) is 0 Å². The first-order valence-corrected chi connectivity index (χ1v) is 9.73. The van der Waals surface area contributed by atoms with Crippen molar-refractivity contribution in [3.63, 3.8) is 0 Å². The minimum atomic E-state index is -0.355. The lowest BCUT2D eigenvalue weighted by molar-refractivity contribution is 0.586. The fourth-order valence-electron chi connectivity index (χ4n) is 2.99. The van der Waals surface area contributed by atoms with Crippen molar-refractivity contribution in [2.75, 3.05) is 5.32 Å². The Morgan fingerprint density at radius 1 is 1.36 bits per heavy atom. The average molecular weight is 421 g/mol. The summed E-state index contributed by atoms with van der Waals surface area (Å²) in [6.45, 7) is 7.18. The van der Waals surface area contributed by atoms with E-state index in [1.807, 2.05) is 24.7 Å². The zero-order valence-electron chi connectivity index (χ0n) is 15.9. The molecule has 0 aliphatic carbocycles. The second-order valence-electron chi connectivity index (χ2n) is 6.42. The summed E-state index contributed by atoms with van der Waals surface area (Å²) in [4.78, 5) is 0. The number of rotatable bonds is 6. The summed E-state index contributed by atoms with van der Waals surface area (Å²) in [5.74, 6) is 0.213. The Morgan fingerprint density at radius 2 is 2.14 bits per heavy atom. The number of hydrogen-bond acceptors (Lipinski definition) is 3. The van der Waals surface area contributed by atoms with Crippen molar-refractivity contribution >= 4 is 34.7 Å². The lowest BCUT2D eigenvalue weighted by Gasteiger charge is -2.16. The first-order valence-electron chi connectivity index (χ1n) is 8.95. The number of aryl methyl sites for hydroxylation is 1. The molecule has 0 saturated carbocycles. The number of nitrogens with zero attached hydrogens (tertiary/aromatic N) is 4. The number of aromatic nitrogens is 4. The summed E-state index contributed by atoms with van der Waals surface area (Å²) in [5.41, 5.74) is 2.60. The van der Waals surface area contributed by atoms with Crippen LogP contribution in [0, 0.1) is 12.7 Å². The number of nitrogens with one attached hydrogen (secondary N) is 2. The molecule has 6 nitrogen and oxygen atoms in total. The van der Waals surface area contributed by atoms with E-state index in [2.05, 4.69) is 27.8 Å². The zero-order valence-corrected chi connectivity index (χ0v) is 17.5. The van der Waals surface area contributed by atoms with Crippen LogP contribution in [-0.4, -0.2) is 24.7 Å². The molecule has 0 radical (unpaired) electrons. The predicted molar refractivity (Wildman–Crippen MR) is 113 cm³/mol. The van der Waals surface area contributed by atoms with Gasteiger partial charge in [0.2, 0.25) is 0 Å². The van der Waals surface area contributed by atoms with Gasteiger partial charge in [0.15, 0.2) is 10.9 Å². The van der Waals surface area contributed by atoms with Gasteiger partial charge >= 0.3 is 0 Å². The molecule has 0 bridgehead atoms. The molecule has 9 heteroatoms. The summed E-state index contributed by atoms with van der Waals surface area (Å²) in [6, 6.07) is 6.39. The van der Waals surface area contributed by atoms with E-state index in [0.29, 0.717) is 21.5 Å². The fourth-order valence-corrected chi connectivity index (χ4v) is 3.50. The van der Waals surface area contributed by atoms with Crippen LogP contribution >= 0.6 is 23.8 Å². The van der Waals surface area contributed by atoms with Gasteiger partial charge in [-0.3, -0.25) is 9.36 Å². The van der Waals surface area contributed by atoms with Crippen LogP contribution in [0.4, 0.5) is 10.2 Å². The van der Waals surface area contributed by atoms with Gasteiger partial charge in [-0.1, -0.05) is 17.7 Å². The molecule has 1 unspecified atom stereocenters. The van der Waals surface area contributed by atoms with Gasteiger partial charge in [-0.15, -0.1) is 0 Å². The van der Waals surface area contributed by atoms with Crippen LogP contribution in [0.15, 0.2) is 36.7 Å². The van der Waals surface area contributed by atoms with Crippen LogP contribution in [0.5, 0.6) is 0 Å². The smallest absolute Gasteiger partial charge is 0.172 e. The maximum Gasteiger partial charge on any atom is 0.172 e. The summed E-state index contributed by atoms with van der Waals surface area (Å²) >= 11 is 11.5. The van der Waals surface area contributed by atoms with Crippen molar-refractivity contribution in [1.82, 2.24) is 24.9 Å². The molecule has 0 amide bonds. The molecule has 28 heavy (non-hydrogen) atoms. The maximum atomic E-state index is 13.9. The van der Waals surface area contributed by atoms with Gasteiger partial charge in [0.05, 0.1) is 18.8 Å². The third-order valence-electron chi connectivity index (χ3n) is 4.52. The highest BCUT2D eigenvalue weighted by atomic mass is 35.5. The summed E-state index contributed by atoms with van der Waals surface area (Å²) in [5, 5.41) is 15.9. The normalized spacial score (nSPS) is 12.0. The quantitative estimate of drug-likeness (QED) is 0.582. The minimum Gasteiger partial charge on any atom is -0.356 e. The monoisotopic (exact) mass is 420 g/mol. The molecule has 1 aromatic carbocycles. The molecule has 2 heterocycles. The van der Waals surface area contributed by atoms with Crippen LogP contribution in [0.3, 0.4) is 0 Å². The highest BCUT2D eigenvalue weighted by molar-refractivity contribution is 7.80. The number of halogens is 2. The molecule has 3 rings (SSSR count). The third-order valence-corrected chi connectivity index (χ3v) is 5.09. The van der Waals surface area contributed by atoms with Gasteiger partial charge in [-0.25, -0.2) is 4.39 Å². The Morgan fingerprint density at radius 3 is 2.82 bits per heavy atom. The molecule has 0 saturated heterocycles. The fraction of sp³-hybridized carbons (Fsp3) is 0.316. The van der Waals surface area contributed by atoms with E-state index < -0.39 is 0 Å². The van der Waals surface area contributed by atoms with Gasteiger partial charge in [-0.2, -0.15) is 10.2 Å². The molecular formula is C19H22ClFN6S. The van der Waals surface area contributed by atoms with Crippen LogP contribution < -0.4 is 10.6 Å². The number of thiocarbonyl (C=S) groups is 1. The molecule has 0 spiro atoms. The second-order valence-corrected chi connectivity index (χ2v) is 7.24.